The number of hydrogen-bond acceptors (Lipinski definition) is 4. The van der Waals surface area contributed by atoms with E-state index in [4.69, 9.17) is 15.0 Å². The molecule has 12 rings (SSSR count). The van der Waals surface area contributed by atoms with Crippen LogP contribution in [0.3, 0.4) is 0 Å². The Hall–Kier alpha value is -8.09. The minimum absolute atomic E-state index is 0.401. The molecule has 0 spiro atoms. The van der Waals surface area contributed by atoms with E-state index < -0.39 is 0 Å². The summed E-state index contributed by atoms with van der Waals surface area (Å²) in [5.74, 6) is 1.03. The van der Waals surface area contributed by atoms with Gasteiger partial charge in [0.1, 0.15) is 0 Å². The highest BCUT2D eigenvalue weighted by Gasteiger charge is 2.22. The van der Waals surface area contributed by atoms with Crippen molar-refractivity contribution in [2.45, 2.75) is 6.92 Å². The lowest BCUT2D eigenvalue weighted by molar-refractivity contribution is 0.528. The molecule has 2 aliphatic heterocycles. The summed E-state index contributed by atoms with van der Waals surface area (Å²) in [7, 11) is 2.11. The van der Waals surface area contributed by atoms with Crippen molar-refractivity contribution in [1.29, 1.82) is 0 Å². The predicted octanol–water partition coefficient (Wildman–Crippen LogP) is 13.5. The first-order chi connectivity index (χ1) is 31.5. The number of aliphatic imine (C=N–C) groups is 1. The molecule has 306 valence electrons. The van der Waals surface area contributed by atoms with Crippen LogP contribution in [0.4, 0.5) is 0 Å². The van der Waals surface area contributed by atoms with E-state index >= 15 is 0 Å². The largest absolute Gasteiger partial charge is 0.369 e. The number of likely N-dealkylation sites (N-methyl/N-ethyl adjacent to an activating group) is 1. The van der Waals surface area contributed by atoms with E-state index in [1.54, 1.807) is 0 Å². The first-order valence-electron chi connectivity index (χ1n) is 22.1. The molecule has 0 bridgehead atoms. The summed E-state index contributed by atoms with van der Waals surface area (Å²) in [5.41, 5.74) is 16.3. The molecule has 0 saturated heterocycles. The van der Waals surface area contributed by atoms with Crippen LogP contribution in [0.5, 0.6) is 0 Å². The number of benzene rings is 7. The number of hydrogen-bond donors (Lipinski definition) is 0. The molecule has 3 aromatic heterocycles. The Balaban J connectivity index is 1.01. The van der Waals surface area contributed by atoms with Crippen molar-refractivity contribution in [3.8, 4) is 45.0 Å². The Morgan fingerprint density at radius 1 is 0.500 bits per heavy atom. The molecular formula is C58H44N6. The van der Waals surface area contributed by atoms with Crippen molar-refractivity contribution in [2.24, 2.45) is 10.9 Å². The van der Waals surface area contributed by atoms with Gasteiger partial charge in [-0.1, -0.05) is 134 Å². The Kier molecular flexibility index (Phi) is 9.04. The normalized spacial score (nSPS) is 15.1. The number of rotatable bonds is 7. The summed E-state index contributed by atoms with van der Waals surface area (Å²) in [6, 6.07) is 61.6. The van der Waals surface area contributed by atoms with E-state index in [0.29, 0.717) is 11.9 Å². The molecule has 0 radical (unpaired) electrons. The van der Waals surface area contributed by atoms with Gasteiger partial charge in [0.2, 0.25) is 5.95 Å². The average molecular weight is 825 g/mol. The monoisotopic (exact) mass is 824 g/mol. The van der Waals surface area contributed by atoms with Gasteiger partial charge in [-0.25, -0.2) is 9.97 Å². The number of nitrogens with zero attached hydrogens (tertiary/aromatic N) is 6. The summed E-state index contributed by atoms with van der Waals surface area (Å²) >= 11 is 0. The standard InChI is InChI=1S/C58H44N6/c1-38-24-27-50(59-37-38)51-36-52(57-23-13-14-30-62(57)2)61-58(60-51)64-54-22-12-10-20-47(54)49-35-42(26-29-56(49)64)41-25-28-55-48(34-41)46-19-9-11-21-53(46)63(55)45-32-43(39-15-5-3-6-16-39)31-44(33-45)40-17-7-4-8-18-40/h3-29,31-36,38H,30,37H2,1-2H3. The van der Waals surface area contributed by atoms with Gasteiger partial charge in [0.05, 0.1) is 44.9 Å². The van der Waals surface area contributed by atoms with Crippen molar-refractivity contribution < 1.29 is 0 Å². The van der Waals surface area contributed by atoms with Crippen LogP contribution in [-0.4, -0.2) is 49.9 Å². The molecule has 6 nitrogen and oxygen atoms in total. The summed E-state index contributed by atoms with van der Waals surface area (Å²) in [4.78, 5) is 17.7. The van der Waals surface area contributed by atoms with Gasteiger partial charge in [0, 0.05) is 47.4 Å². The molecule has 10 aromatic rings. The van der Waals surface area contributed by atoms with Crippen molar-refractivity contribution in [2.75, 3.05) is 20.1 Å². The lowest BCUT2D eigenvalue weighted by atomic mass is 9.98. The lowest BCUT2D eigenvalue weighted by Gasteiger charge is -2.24. The van der Waals surface area contributed by atoms with Gasteiger partial charge in [-0.2, -0.15) is 0 Å². The van der Waals surface area contributed by atoms with Gasteiger partial charge in [0.25, 0.3) is 0 Å². The number of dihydropyridines is 1. The van der Waals surface area contributed by atoms with E-state index in [9.17, 15) is 0 Å². The topological polar surface area (TPSA) is 51.2 Å². The SMILES string of the molecule is CC1C=CC(c2cc(C3=CC=CCN3C)nc(-n3c4ccccc4c4cc(-c5ccc6c(c5)c5ccccc5n6-c5cc(-c6ccccc6)cc(-c6ccccc6)c5)ccc43)n2)=NC1. The molecular weight excluding hydrogens is 781 g/mol. The van der Waals surface area contributed by atoms with E-state index in [1.807, 2.05) is 0 Å². The highest BCUT2D eigenvalue weighted by atomic mass is 15.2. The zero-order valence-corrected chi connectivity index (χ0v) is 35.7. The first-order valence-corrected chi connectivity index (χ1v) is 22.1. The minimum atomic E-state index is 0.401. The van der Waals surface area contributed by atoms with Gasteiger partial charge in [-0.3, -0.25) is 9.56 Å². The molecule has 0 aliphatic carbocycles. The molecule has 1 unspecified atom stereocenters. The zero-order chi connectivity index (χ0) is 42.7. The predicted molar refractivity (Wildman–Crippen MR) is 266 cm³/mol. The Bertz CT molecular complexity index is 3530. The Morgan fingerprint density at radius 3 is 1.67 bits per heavy atom. The van der Waals surface area contributed by atoms with Gasteiger partial charge in [0.15, 0.2) is 0 Å². The van der Waals surface area contributed by atoms with Crippen molar-refractivity contribution in [3.05, 3.63) is 212 Å². The van der Waals surface area contributed by atoms with E-state index in [2.05, 4.69) is 228 Å². The van der Waals surface area contributed by atoms with Crippen LogP contribution in [0.15, 0.2) is 205 Å². The first kappa shape index (κ1) is 37.7. The van der Waals surface area contributed by atoms with Crippen LogP contribution in [0, 0.1) is 5.92 Å². The fourth-order valence-corrected chi connectivity index (χ4v) is 9.59. The number of allylic oxidation sites excluding steroid dienone is 3. The average Bonchev–Trinajstić information content (AvgIpc) is 3.87. The Morgan fingerprint density at radius 2 is 1.06 bits per heavy atom. The van der Waals surface area contributed by atoms with Crippen LogP contribution in [0.25, 0.3) is 94.3 Å². The maximum atomic E-state index is 5.30. The Labute approximate surface area is 372 Å². The van der Waals surface area contributed by atoms with Crippen molar-refractivity contribution >= 4 is 55.0 Å². The third-order valence-electron chi connectivity index (χ3n) is 12.8. The van der Waals surface area contributed by atoms with Crippen LogP contribution < -0.4 is 0 Å². The maximum Gasteiger partial charge on any atom is 0.235 e. The van der Waals surface area contributed by atoms with Crippen LogP contribution in [-0.2, 0) is 0 Å². The summed E-state index contributed by atoms with van der Waals surface area (Å²) in [5, 5.41) is 4.74. The van der Waals surface area contributed by atoms with Crippen LogP contribution >= 0.6 is 0 Å². The van der Waals surface area contributed by atoms with Crippen molar-refractivity contribution in [3.63, 3.8) is 0 Å². The summed E-state index contributed by atoms with van der Waals surface area (Å²) in [6.45, 7) is 3.75. The molecule has 5 heterocycles. The van der Waals surface area contributed by atoms with Crippen LogP contribution in [0.2, 0.25) is 0 Å². The fraction of sp³-hybridized carbons (Fsp3) is 0.0862. The smallest absolute Gasteiger partial charge is 0.235 e. The molecule has 7 aromatic carbocycles. The third-order valence-corrected chi connectivity index (χ3v) is 12.8. The molecule has 1 atom stereocenters. The second-order valence-corrected chi connectivity index (χ2v) is 17.0. The number of para-hydroxylation sites is 2. The minimum Gasteiger partial charge on any atom is -0.369 e. The summed E-state index contributed by atoms with van der Waals surface area (Å²) < 4.78 is 4.65. The van der Waals surface area contributed by atoms with Crippen molar-refractivity contribution in [1.82, 2.24) is 24.0 Å². The molecule has 64 heavy (non-hydrogen) atoms. The molecule has 0 saturated carbocycles. The van der Waals surface area contributed by atoms with Crippen LogP contribution in [0.1, 0.15) is 18.3 Å². The van der Waals surface area contributed by atoms with Gasteiger partial charge in [-0.05, 0) is 112 Å². The number of aromatic nitrogens is 4. The lowest BCUT2D eigenvalue weighted by Crippen LogP contribution is -2.21. The molecule has 6 heteroatoms. The second-order valence-electron chi connectivity index (χ2n) is 17.0. The summed E-state index contributed by atoms with van der Waals surface area (Å²) in [6.07, 6.45) is 10.7. The molecule has 2 aliphatic rings. The fourth-order valence-electron chi connectivity index (χ4n) is 9.59. The molecule has 0 amide bonds. The molecule has 0 fully saturated rings. The van der Waals surface area contributed by atoms with Gasteiger partial charge < -0.3 is 9.47 Å². The third kappa shape index (κ3) is 6.45. The highest BCUT2D eigenvalue weighted by molar-refractivity contribution is 6.13. The van der Waals surface area contributed by atoms with E-state index in [0.717, 1.165) is 74.5 Å². The van der Waals surface area contributed by atoms with Gasteiger partial charge >= 0.3 is 0 Å². The van der Waals surface area contributed by atoms with Gasteiger partial charge in [-0.15, -0.1) is 0 Å². The highest BCUT2D eigenvalue weighted by Crippen LogP contribution is 2.40. The zero-order valence-electron chi connectivity index (χ0n) is 35.7. The quantitative estimate of drug-likeness (QED) is 0.161. The number of fused-ring (bicyclic) bond motifs is 6. The maximum absolute atomic E-state index is 5.30. The second kappa shape index (κ2) is 15.4. The molecule has 0 N–H and O–H groups in total. The van der Waals surface area contributed by atoms with E-state index in [-0.39, 0.29) is 0 Å². The van der Waals surface area contributed by atoms with E-state index in [1.165, 1.54) is 44.1 Å².